The van der Waals surface area contributed by atoms with Crippen LogP contribution in [0.1, 0.15) is 16.7 Å². The summed E-state index contributed by atoms with van der Waals surface area (Å²) < 4.78 is 5.00. The van der Waals surface area contributed by atoms with E-state index in [2.05, 4.69) is 5.32 Å². The number of halogens is 2. The van der Waals surface area contributed by atoms with Gasteiger partial charge in [-0.05, 0) is 37.1 Å². The number of amides is 1. The molecule has 2 rings (SSSR count). The van der Waals surface area contributed by atoms with E-state index in [1.54, 1.807) is 18.2 Å². The second-order valence-electron chi connectivity index (χ2n) is 5.35. The van der Waals surface area contributed by atoms with Crippen LogP contribution in [-0.4, -0.2) is 18.5 Å². The van der Waals surface area contributed by atoms with E-state index in [1.807, 2.05) is 32.0 Å². The second kappa shape index (κ2) is 8.18. The number of hydrogen-bond acceptors (Lipinski definition) is 3. The summed E-state index contributed by atoms with van der Waals surface area (Å²) in [6.45, 7) is 3.43. The van der Waals surface area contributed by atoms with E-state index in [1.165, 1.54) is 0 Å². The number of anilines is 1. The largest absolute Gasteiger partial charge is 0.455 e. The van der Waals surface area contributed by atoms with Crippen LogP contribution in [0.15, 0.2) is 36.4 Å². The minimum Gasteiger partial charge on any atom is -0.455 e. The molecule has 0 aliphatic heterocycles. The first-order valence-electron chi connectivity index (χ1n) is 7.33. The normalized spacial score (nSPS) is 10.3. The Morgan fingerprint density at radius 1 is 1.00 bits per heavy atom. The van der Waals surface area contributed by atoms with Gasteiger partial charge in [0.1, 0.15) is 0 Å². The SMILES string of the molecule is Cc1cccc(C)c1NC(=O)COC(=O)Cc1c(Cl)cccc1Cl. The molecule has 6 heteroatoms. The lowest BCUT2D eigenvalue weighted by molar-refractivity contribution is -0.146. The molecule has 1 amide bonds. The number of carbonyl (C=O) groups excluding carboxylic acids is 2. The molecule has 2 aromatic carbocycles. The molecule has 0 atom stereocenters. The van der Waals surface area contributed by atoms with Gasteiger partial charge in [-0.15, -0.1) is 0 Å². The fourth-order valence-electron chi connectivity index (χ4n) is 2.23. The van der Waals surface area contributed by atoms with Gasteiger partial charge in [0.05, 0.1) is 6.42 Å². The third-order valence-electron chi connectivity index (χ3n) is 3.49. The van der Waals surface area contributed by atoms with E-state index in [9.17, 15) is 9.59 Å². The van der Waals surface area contributed by atoms with E-state index in [-0.39, 0.29) is 13.0 Å². The lowest BCUT2D eigenvalue weighted by atomic mass is 10.1. The third kappa shape index (κ3) is 4.73. The van der Waals surface area contributed by atoms with Crippen LogP contribution in [0.25, 0.3) is 0 Å². The molecular formula is C18H17Cl2NO3. The average molecular weight is 366 g/mol. The minimum absolute atomic E-state index is 0.0881. The molecule has 0 unspecified atom stereocenters. The number of para-hydroxylation sites is 1. The number of esters is 1. The zero-order valence-electron chi connectivity index (χ0n) is 13.4. The van der Waals surface area contributed by atoms with Crippen LogP contribution in [0.3, 0.4) is 0 Å². The maximum Gasteiger partial charge on any atom is 0.310 e. The van der Waals surface area contributed by atoms with Crippen LogP contribution in [0.4, 0.5) is 5.69 Å². The number of hydrogen-bond donors (Lipinski definition) is 1. The molecule has 0 heterocycles. The van der Waals surface area contributed by atoms with E-state index in [0.717, 1.165) is 16.8 Å². The van der Waals surface area contributed by atoms with Crippen molar-refractivity contribution in [3.05, 3.63) is 63.1 Å². The fraction of sp³-hybridized carbons (Fsp3) is 0.222. The van der Waals surface area contributed by atoms with Gasteiger partial charge in [0.25, 0.3) is 5.91 Å². The molecule has 0 saturated carbocycles. The first-order chi connectivity index (χ1) is 11.4. The summed E-state index contributed by atoms with van der Waals surface area (Å²) in [6, 6.07) is 10.7. The monoisotopic (exact) mass is 365 g/mol. The summed E-state index contributed by atoms with van der Waals surface area (Å²) in [6.07, 6.45) is -0.0881. The topological polar surface area (TPSA) is 55.4 Å². The van der Waals surface area contributed by atoms with Crippen LogP contribution >= 0.6 is 23.2 Å². The number of carbonyl (C=O) groups is 2. The molecule has 0 saturated heterocycles. The van der Waals surface area contributed by atoms with Crippen LogP contribution in [0.2, 0.25) is 10.0 Å². The number of nitrogens with one attached hydrogen (secondary N) is 1. The molecule has 4 nitrogen and oxygen atoms in total. The lowest BCUT2D eigenvalue weighted by Crippen LogP contribution is -2.22. The second-order valence-corrected chi connectivity index (χ2v) is 6.17. The Bertz CT molecular complexity index is 669. The van der Waals surface area contributed by atoms with Crippen LogP contribution in [-0.2, 0) is 20.7 Å². The van der Waals surface area contributed by atoms with Gasteiger partial charge < -0.3 is 10.1 Å². The van der Waals surface area contributed by atoms with Crippen molar-refractivity contribution >= 4 is 40.8 Å². The molecule has 0 radical (unpaired) electrons. The first kappa shape index (κ1) is 18.3. The van der Waals surface area contributed by atoms with Crippen molar-refractivity contribution in [2.24, 2.45) is 0 Å². The molecular weight excluding hydrogens is 349 g/mol. The predicted octanol–water partition coefficient (Wildman–Crippen LogP) is 4.33. The van der Waals surface area contributed by atoms with Crippen molar-refractivity contribution < 1.29 is 14.3 Å². The number of aryl methyl sites for hydroxylation is 2. The van der Waals surface area contributed by atoms with Crippen molar-refractivity contribution in [2.75, 3.05) is 11.9 Å². The van der Waals surface area contributed by atoms with Crippen molar-refractivity contribution in [1.29, 1.82) is 0 Å². The van der Waals surface area contributed by atoms with E-state index in [0.29, 0.717) is 15.6 Å². The van der Waals surface area contributed by atoms with Crippen molar-refractivity contribution in [3.63, 3.8) is 0 Å². The van der Waals surface area contributed by atoms with Crippen LogP contribution < -0.4 is 5.32 Å². The molecule has 0 bridgehead atoms. The molecule has 0 fully saturated rings. The average Bonchev–Trinajstić information content (AvgIpc) is 2.53. The summed E-state index contributed by atoms with van der Waals surface area (Å²) >= 11 is 12.0. The first-order valence-corrected chi connectivity index (χ1v) is 8.08. The number of ether oxygens (including phenoxy) is 1. The number of rotatable bonds is 5. The lowest BCUT2D eigenvalue weighted by Gasteiger charge is -2.12. The maximum atomic E-state index is 12.0. The highest BCUT2D eigenvalue weighted by Crippen LogP contribution is 2.25. The molecule has 2 aromatic rings. The molecule has 126 valence electrons. The predicted molar refractivity (Wildman–Crippen MR) is 95.7 cm³/mol. The van der Waals surface area contributed by atoms with Gasteiger partial charge in [0, 0.05) is 21.3 Å². The highest BCUT2D eigenvalue weighted by molar-refractivity contribution is 6.36. The molecule has 24 heavy (non-hydrogen) atoms. The Morgan fingerprint density at radius 2 is 1.54 bits per heavy atom. The van der Waals surface area contributed by atoms with Crippen molar-refractivity contribution in [1.82, 2.24) is 0 Å². The van der Waals surface area contributed by atoms with Crippen molar-refractivity contribution in [3.8, 4) is 0 Å². The Morgan fingerprint density at radius 3 is 2.12 bits per heavy atom. The molecule has 0 aliphatic carbocycles. The standard InChI is InChI=1S/C18H17Cl2NO3/c1-11-5-3-6-12(2)18(11)21-16(22)10-24-17(23)9-13-14(19)7-4-8-15(13)20/h3-8H,9-10H2,1-2H3,(H,21,22). The fourth-order valence-corrected chi connectivity index (χ4v) is 2.76. The van der Waals surface area contributed by atoms with E-state index in [4.69, 9.17) is 27.9 Å². The highest BCUT2D eigenvalue weighted by atomic mass is 35.5. The Kier molecular flexibility index (Phi) is 6.23. The summed E-state index contributed by atoms with van der Waals surface area (Å²) in [5.41, 5.74) is 3.10. The third-order valence-corrected chi connectivity index (χ3v) is 4.20. The van der Waals surface area contributed by atoms with Crippen LogP contribution in [0, 0.1) is 13.8 Å². The van der Waals surface area contributed by atoms with E-state index >= 15 is 0 Å². The van der Waals surface area contributed by atoms with Gasteiger partial charge in [0.2, 0.25) is 0 Å². The number of benzene rings is 2. The Labute approximate surface area is 150 Å². The highest BCUT2D eigenvalue weighted by Gasteiger charge is 2.14. The molecule has 0 spiro atoms. The van der Waals surface area contributed by atoms with Crippen LogP contribution in [0.5, 0.6) is 0 Å². The Hall–Kier alpha value is -2.04. The summed E-state index contributed by atoms with van der Waals surface area (Å²) in [7, 11) is 0. The molecule has 1 N–H and O–H groups in total. The quantitative estimate of drug-likeness (QED) is 0.802. The summed E-state index contributed by atoms with van der Waals surface area (Å²) in [4.78, 5) is 23.9. The van der Waals surface area contributed by atoms with Crippen molar-refractivity contribution in [2.45, 2.75) is 20.3 Å². The molecule has 0 aromatic heterocycles. The van der Waals surface area contributed by atoms with Gasteiger partial charge in [-0.1, -0.05) is 47.5 Å². The minimum atomic E-state index is -0.568. The van der Waals surface area contributed by atoms with Gasteiger partial charge in [-0.2, -0.15) is 0 Å². The maximum absolute atomic E-state index is 12.0. The van der Waals surface area contributed by atoms with Gasteiger partial charge in [0.15, 0.2) is 6.61 Å². The van der Waals surface area contributed by atoms with E-state index < -0.39 is 11.9 Å². The zero-order chi connectivity index (χ0) is 17.7. The smallest absolute Gasteiger partial charge is 0.310 e. The summed E-state index contributed by atoms with van der Waals surface area (Å²) in [5, 5.41) is 3.53. The molecule has 0 aliphatic rings. The zero-order valence-corrected chi connectivity index (χ0v) is 14.9. The van der Waals surface area contributed by atoms with Gasteiger partial charge in [-0.3, -0.25) is 9.59 Å². The summed E-state index contributed by atoms with van der Waals surface area (Å²) in [5.74, 6) is -0.965. The Balaban J connectivity index is 1.91. The van der Waals surface area contributed by atoms with Gasteiger partial charge in [-0.25, -0.2) is 0 Å². The van der Waals surface area contributed by atoms with Gasteiger partial charge >= 0.3 is 5.97 Å².